The first-order valence-electron chi connectivity index (χ1n) is 8.64. The van der Waals surface area contributed by atoms with Crippen LogP contribution in [0.15, 0.2) is 58.4 Å². The molecule has 0 spiro atoms. The molecule has 1 fully saturated rings. The number of furan rings is 1. The summed E-state index contributed by atoms with van der Waals surface area (Å²) in [5.74, 6) is 2.13. The van der Waals surface area contributed by atoms with Crippen LogP contribution in [-0.2, 0) is 11.3 Å². The van der Waals surface area contributed by atoms with E-state index >= 15 is 0 Å². The predicted octanol–water partition coefficient (Wildman–Crippen LogP) is 3.45. The summed E-state index contributed by atoms with van der Waals surface area (Å²) in [6.45, 7) is 2.45. The van der Waals surface area contributed by atoms with Gasteiger partial charge in [-0.2, -0.15) is 0 Å². The van der Waals surface area contributed by atoms with Crippen molar-refractivity contribution >= 4 is 17.7 Å². The molecule has 0 saturated heterocycles. The summed E-state index contributed by atoms with van der Waals surface area (Å²) in [6.07, 6.45) is 3.81. The van der Waals surface area contributed by atoms with E-state index in [0.717, 1.165) is 30.0 Å². The van der Waals surface area contributed by atoms with E-state index in [1.807, 2.05) is 54.3 Å². The van der Waals surface area contributed by atoms with Crippen LogP contribution in [-0.4, -0.2) is 37.4 Å². The molecule has 1 aliphatic rings. The van der Waals surface area contributed by atoms with Crippen molar-refractivity contribution < 1.29 is 9.21 Å². The molecule has 26 heavy (non-hydrogen) atoms. The zero-order valence-corrected chi connectivity index (χ0v) is 15.4. The lowest BCUT2D eigenvalue weighted by Crippen LogP contribution is -2.33. The number of hydrogen-bond donors (Lipinski definition) is 0. The molecule has 0 radical (unpaired) electrons. The van der Waals surface area contributed by atoms with E-state index in [4.69, 9.17) is 4.42 Å². The Morgan fingerprint density at radius 1 is 1.27 bits per heavy atom. The summed E-state index contributed by atoms with van der Waals surface area (Å²) >= 11 is 1.37. The Morgan fingerprint density at radius 3 is 2.77 bits per heavy atom. The van der Waals surface area contributed by atoms with E-state index in [9.17, 15) is 4.79 Å². The number of nitrogens with zero attached hydrogens (tertiary/aromatic N) is 4. The third-order valence-electron chi connectivity index (χ3n) is 4.25. The molecule has 0 atom stereocenters. The number of carbonyl (C=O) groups excluding carboxylic acids is 1. The Bertz CT molecular complexity index is 886. The smallest absolute Gasteiger partial charge is 0.233 e. The van der Waals surface area contributed by atoms with Crippen LogP contribution < -0.4 is 0 Å². The van der Waals surface area contributed by atoms with Crippen LogP contribution in [0.1, 0.15) is 24.4 Å². The lowest BCUT2D eigenvalue weighted by molar-refractivity contribution is -0.129. The molecule has 4 rings (SSSR count). The second-order valence-corrected chi connectivity index (χ2v) is 7.30. The third-order valence-corrected chi connectivity index (χ3v) is 5.08. The average Bonchev–Trinajstić information content (AvgIpc) is 3.24. The topological polar surface area (TPSA) is 64.2 Å². The highest BCUT2D eigenvalue weighted by atomic mass is 32.2. The van der Waals surface area contributed by atoms with Gasteiger partial charge in [0.15, 0.2) is 0 Å². The van der Waals surface area contributed by atoms with Crippen molar-refractivity contribution in [2.45, 2.75) is 37.5 Å². The van der Waals surface area contributed by atoms with Crippen LogP contribution in [0.4, 0.5) is 0 Å². The normalized spacial score (nSPS) is 13.7. The van der Waals surface area contributed by atoms with Gasteiger partial charge in [0.25, 0.3) is 0 Å². The molecule has 0 N–H and O–H groups in total. The third kappa shape index (κ3) is 3.99. The minimum Gasteiger partial charge on any atom is -0.464 e. The quantitative estimate of drug-likeness (QED) is 0.598. The molecule has 0 bridgehead atoms. The summed E-state index contributed by atoms with van der Waals surface area (Å²) in [4.78, 5) is 18.9. The van der Waals surface area contributed by atoms with Gasteiger partial charge in [-0.15, -0.1) is 5.10 Å². The second-order valence-electron chi connectivity index (χ2n) is 6.36. The largest absolute Gasteiger partial charge is 0.464 e. The monoisotopic (exact) mass is 368 g/mol. The maximum atomic E-state index is 12.7. The van der Waals surface area contributed by atoms with Gasteiger partial charge in [0.05, 0.1) is 18.0 Å². The van der Waals surface area contributed by atoms with Crippen LogP contribution in [0.2, 0.25) is 0 Å². The van der Waals surface area contributed by atoms with Gasteiger partial charge in [-0.3, -0.25) is 4.79 Å². The molecule has 1 amide bonds. The van der Waals surface area contributed by atoms with E-state index in [0.29, 0.717) is 23.5 Å². The zero-order valence-electron chi connectivity index (χ0n) is 14.5. The Labute approximate surface area is 156 Å². The Hall–Kier alpha value is -2.54. The van der Waals surface area contributed by atoms with Crippen LogP contribution in [0.5, 0.6) is 0 Å². The number of thioether (sulfide) groups is 1. The highest BCUT2D eigenvalue weighted by molar-refractivity contribution is 7.99. The Morgan fingerprint density at radius 2 is 2.08 bits per heavy atom. The summed E-state index contributed by atoms with van der Waals surface area (Å²) in [5, 5.41) is 5.04. The molecular weight excluding hydrogens is 348 g/mol. The summed E-state index contributed by atoms with van der Waals surface area (Å²) in [6, 6.07) is 14.0. The SMILES string of the molecule is Cc1ccc(CN(C(=O)CSc2ncn(-c3ccccc3)n2)C2CC2)o1. The fourth-order valence-electron chi connectivity index (χ4n) is 2.77. The number of hydrogen-bond acceptors (Lipinski definition) is 5. The van der Waals surface area contributed by atoms with Crippen LogP contribution in [0.3, 0.4) is 0 Å². The molecule has 0 unspecified atom stereocenters. The molecule has 7 heteroatoms. The number of benzene rings is 1. The van der Waals surface area contributed by atoms with E-state index in [-0.39, 0.29) is 5.91 Å². The maximum absolute atomic E-state index is 12.7. The second kappa shape index (κ2) is 7.37. The molecule has 1 aliphatic carbocycles. The van der Waals surface area contributed by atoms with Crippen molar-refractivity contribution in [3.63, 3.8) is 0 Å². The highest BCUT2D eigenvalue weighted by Gasteiger charge is 2.33. The van der Waals surface area contributed by atoms with Crippen molar-refractivity contribution in [1.82, 2.24) is 19.7 Å². The Kier molecular flexibility index (Phi) is 4.79. The standard InChI is InChI=1S/C19H20N4O2S/c1-14-7-10-17(25-14)11-22(15-8-9-15)18(24)12-26-19-20-13-23(21-19)16-5-3-2-4-6-16/h2-7,10,13,15H,8-9,11-12H2,1H3. The predicted molar refractivity (Wildman–Crippen MR) is 99.1 cm³/mol. The molecule has 3 aromatic rings. The number of carbonyl (C=O) groups is 1. The van der Waals surface area contributed by atoms with Gasteiger partial charge in [0, 0.05) is 6.04 Å². The highest BCUT2D eigenvalue weighted by Crippen LogP contribution is 2.29. The molecule has 1 saturated carbocycles. The van der Waals surface area contributed by atoms with Gasteiger partial charge < -0.3 is 9.32 Å². The molecule has 6 nitrogen and oxygen atoms in total. The van der Waals surface area contributed by atoms with Crippen LogP contribution >= 0.6 is 11.8 Å². The first-order valence-corrected chi connectivity index (χ1v) is 9.62. The van der Waals surface area contributed by atoms with E-state index < -0.39 is 0 Å². The first-order chi connectivity index (χ1) is 12.7. The fourth-order valence-corrected chi connectivity index (χ4v) is 3.46. The van der Waals surface area contributed by atoms with Gasteiger partial charge >= 0.3 is 0 Å². The van der Waals surface area contributed by atoms with Crippen LogP contribution in [0, 0.1) is 6.92 Å². The molecule has 134 valence electrons. The number of rotatable bonds is 7. The van der Waals surface area contributed by atoms with Crippen molar-refractivity contribution in [1.29, 1.82) is 0 Å². The van der Waals surface area contributed by atoms with Gasteiger partial charge in [0.2, 0.25) is 11.1 Å². The Balaban J connectivity index is 1.37. The van der Waals surface area contributed by atoms with Gasteiger partial charge in [-0.1, -0.05) is 30.0 Å². The summed E-state index contributed by atoms with van der Waals surface area (Å²) < 4.78 is 7.35. The maximum Gasteiger partial charge on any atom is 0.233 e. The van der Waals surface area contributed by atoms with E-state index in [2.05, 4.69) is 10.1 Å². The number of amides is 1. The minimum atomic E-state index is 0.0996. The van der Waals surface area contributed by atoms with Crippen LogP contribution in [0.25, 0.3) is 5.69 Å². The molecule has 2 aromatic heterocycles. The summed E-state index contributed by atoms with van der Waals surface area (Å²) in [7, 11) is 0. The molecule has 0 aliphatic heterocycles. The lowest BCUT2D eigenvalue weighted by Gasteiger charge is -2.20. The van der Waals surface area contributed by atoms with Crippen molar-refractivity contribution in [2.75, 3.05) is 5.75 Å². The minimum absolute atomic E-state index is 0.0996. The number of aromatic nitrogens is 3. The average molecular weight is 368 g/mol. The van der Waals surface area contributed by atoms with Crippen molar-refractivity contribution in [3.05, 3.63) is 60.3 Å². The van der Waals surface area contributed by atoms with Crippen molar-refractivity contribution in [2.24, 2.45) is 0 Å². The van der Waals surface area contributed by atoms with Crippen molar-refractivity contribution in [3.8, 4) is 5.69 Å². The fraction of sp³-hybridized carbons (Fsp3) is 0.316. The van der Waals surface area contributed by atoms with E-state index in [1.54, 1.807) is 11.0 Å². The van der Waals surface area contributed by atoms with E-state index in [1.165, 1.54) is 11.8 Å². The summed E-state index contributed by atoms with van der Waals surface area (Å²) in [5.41, 5.74) is 0.950. The first kappa shape index (κ1) is 16.9. The van der Waals surface area contributed by atoms with Gasteiger partial charge in [0.1, 0.15) is 17.8 Å². The molecular formula is C19H20N4O2S. The molecule has 1 aromatic carbocycles. The number of para-hydroxylation sites is 1. The number of aryl methyl sites for hydroxylation is 1. The molecule has 2 heterocycles. The lowest BCUT2D eigenvalue weighted by atomic mass is 10.3. The van der Waals surface area contributed by atoms with Gasteiger partial charge in [-0.05, 0) is 44.0 Å². The zero-order chi connectivity index (χ0) is 17.9. The van der Waals surface area contributed by atoms with Gasteiger partial charge in [-0.25, -0.2) is 9.67 Å².